The lowest BCUT2D eigenvalue weighted by Gasteiger charge is -2.21. The molecule has 9 heteroatoms. The van der Waals surface area contributed by atoms with Crippen LogP contribution in [-0.4, -0.2) is 53.6 Å². The van der Waals surface area contributed by atoms with Gasteiger partial charge < -0.3 is 19.5 Å². The summed E-state index contributed by atoms with van der Waals surface area (Å²) in [6.07, 6.45) is 0.925. The van der Waals surface area contributed by atoms with Crippen LogP contribution >= 0.6 is 0 Å². The van der Waals surface area contributed by atoms with Gasteiger partial charge in [0.25, 0.3) is 5.91 Å². The number of aliphatic carboxylic acids is 1. The van der Waals surface area contributed by atoms with Gasteiger partial charge in [0.2, 0.25) is 5.75 Å². The van der Waals surface area contributed by atoms with Crippen molar-refractivity contribution in [3.8, 4) is 11.5 Å². The number of likely N-dealkylation sites (tertiary alicyclic amines) is 1. The fourth-order valence-corrected chi connectivity index (χ4v) is 2.64. The van der Waals surface area contributed by atoms with Crippen LogP contribution in [0.2, 0.25) is 0 Å². The van der Waals surface area contributed by atoms with Crippen LogP contribution in [0.15, 0.2) is 12.1 Å². The number of nitrogens with zero attached hydrogens (tertiary/aromatic N) is 2. The van der Waals surface area contributed by atoms with Crippen LogP contribution in [0.3, 0.4) is 0 Å². The molecule has 124 valence electrons. The van der Waals surface area contributed by atoms with Gasteiger partial charge in [-0.2, -0.15) is 0 Å². The number of hydrogen-bond donors (Lipinski definition) is 1. The maximum atomic E-state index is 12.5. The van der Waals surface area contributed by atoms with E-state index in [4.69, 9.17) is 14.6 Å². The van der Waals surface area contributed by atoms with Crippen LogP contribution in [0.4, 0.5) is 5.69 Å². The Balaban J connectivity index is 2.46. The SMILES string of the molecule is COc1cc(C(=O)N2CCCC2C(=O)O)cc([N+](=O)[O-])c1OC. The fraction of sp³-hybridized carbons (Fsp3) is 0.429. The Labute approximate surface area is 131 Å². The maximum absolute atomic E-state index is 12.5. The first-order valence-corrected chi connectivity index (χ1v) is 6.85. The second-order valence-corrected chi connectivity index (χ2v) is 4.98. The van der Waals surface area contributed by atoms with Gasteiger partial charge in [0.1, 0.15) is 6.04 Å². The van der Waals surface area contributed by atoms with Gasteiger partial charge in [0, 0.05) is 12.6 Å². The lowest BCUT2D eigenvalue weighted by atomic mass is 10.1. The zero-order valence-electron chi connectivity index (χ0n) is 12.6. The molecule has 1 unspecified atom stereocenters. The molecule has 1 heterocycles. The molecule has 0 saturated carbocycles. The quantitative estimate of drug-likeness (QED) is 0.640. The molecule has 0 aliphatic carbocycles. The van der Waals surface area contributed by atoms with Crippen LogP contribution < -0.4 is 9.47 Å². The zero-order valence-corrected chi connectivity index (χ0v) is 12.6. The third-order valence-electron chi connectivity index (χ3n) is 3.70. The summed E-state index contributed by atoms with van der Waals surface area (Å²) >= 11 is 0. The molecule has 9 nitrogen and oxygen atoms in total. The molecular formula is C14H16N2O7. The van der Waals surface area contributed by atoms with Crippen molar-refractivity contribution in [3.05, 3.63) is 27.8 Å². The number of methoxy groups -OCH3 is 2. The number of amides is 1. The fourth-order valence-electron chi connectivity index (χ4n) is 2.64. The van der Waals surface area contributed by atoms with Crippen molar-refractivity contribution in [2.24, 2.45) is 0 Å². The zero-order chi connectivity index (χ0) is 17.1. The summed E-state index contributed by atoms with van der Waals surface area (Å²) in [5.74, 6) is -1.73. The Kier molecular flexibility index (Phi) is 4.68. The van der Waals surface area contributed by atoms with Gasteiger partial charge in [-0.1, -0.05) is 0 Å². The van der Waals surface area contributed by atoms with E-state index >= 15 is 0 Å². The van der Waals surface area contributed by atoms with E-state index in [9.17, 15) is 19.7 Å². The van der Waals surface area contributed by atoms with Gasteiger partial charge in [0.05, 0.1) is 24.7 Å². The standard InChI is InChI=1S/C14H16N2O7/c1-22-11-7-8(6-10(16(20)21)12(11)23-2)13(17)15-5-3-4-9(15)14(18)19/h6-7,9H,3-5H2,1-2H3,(H,18,19). The van der Waals surface area contributed by atoms with E-state index in [-0.39, 0.29) is 23.6 Å². The molecule has 1 N–H and O–H groups in total. The largest absolute Gasteiger partial charge is 0.493 e. The average molecular weight is 324 g/mol. The number of nitro groups is 1. The molecule has 2 rings (SSSR count). The Morgan fingerprint density at radius 3 is 2.57 bits per heavy atom. The first-order chi connectivity index (χ1) is 10.9. The number of carbonyl (C=O) groups excluding carboxylic acids is 1. The summed E-state index contributed by atoms with van der Waals surface area (Å²) in [6, 6.07) is 1.46. The molecule has 1 atom stereocenters. The van der Waals surface area contributed by atoms with E-state index < -0.39 is 28.5 Å². The van der Waals surface area contributed by atoms with Gasteiger partial charge in [-0.15, -0.1) is 0 Å². The highest BCUT2D eigenvalue weighted by Gasteiger charge is 2.35. The first-order valence-electron chi connectivity index (χ1n) is 6.85. The van der Waals surface area contributed by atoms with E-state index in [1.165, 1.54) is 25.2 Å². The Morgan fingerprint density at radius 1 is 1.35 bits per heavy atom. The number of carboxylic acids is 1. The maximum Gasteiger partial charge on any atom is 0.326 e. The number of ether oxygens (including phenoxy) is 2. The lowest BCUT2D eigenvalue weighted by molar-refractivity contribution is -0.385. The van der Waals surface area contributed by atoms with Gasteiger partial charge >= 0.3 is 11.7 Å². The van der Waals surface area contributed by atoms with Crippen LogP contribution in [0.5, 0.6) is 11.5 Å². The predicted molar refractivity (Wildman–Crippen MR) is 77.9 cm³/mol. The minimum absolute atomic E-state index is 0.0116. The minimum Gasteiger partial charge on any atom is -0.493 e. The Bertz CT molecular complexity index is 659. The predicted octanol–water partition coefficient (Wildman–Crippen LogP) is 1.30. The van der Waals surface area contributed by atoms with Crippen LogP contribution in [0.25, 0.3) is 0 Å². The number of nitro benzene ring substituents is 1. The monoisotopic (exact) mass is 324 g/mol. The van der Waals surface area contributed by atoms with Crippen molar-refractivity contribution in [3.63, 3.8) is 0 Å². The van der Waals surface area contributed by atoms with E-state index in [1.54, 1.807) is 0 Å². The van der Waals surface area contributed by atoms with Crippen molar-refractivity contribution in [1.29, 1.82) is 0 Å². The summed E-state index contributed by atoms with van der Waals surface area (Å²) in [5, 5.41) is 20.3. The van der Waals surface area contributed by atoms with Gasteiger partial charge in [0.15, 0.2) is 5.75 Å². The smallest absolute Gasteiger partial charge is 0.326 e. The Morgan fingerprint density at radius 2 is 2.04 bits per heavy atom. The van der Waals surface area contributed by atoms with E-state index in [0.29, 0.717) is 12.8 Å². The van der Waals surface area contributed by atoms with E-state index in [2.05, 4.69) is 0 Å². The van der Waals surface area contributed by atoms with Crippen LogP contribution in [0.1, 0.15) is 23.2 Å². The van der Waals surface area contributed by atoms with Crippen molar-refractivity contribution in [2.45, 2.75) is 18.9 Å². The summed E-state index contributed by atoms with van der Waals surface area (Å²) < 4.78 is 10.0. The summed E-state index contributed by atoms with van der Waals surface area (Å²) in [5.41, 5.74) is -0.427. The second-order valence-electron chi connectivity index (χ2n) is 4.98. The number of benzene rings is 1. The third kappa shape index (κ3) is 3.03. The van der Waals surface area contributed by atoms with Crippen molar-refractivity contribution >= 4 is 17.6 Å². The second kappa shape index (κ2) is 6.51. The molecule has 1 saturated heterocycles. The number of rotatable bonds is 5. The molecule has 1 aromatic rings. The Hall–Kier alpha value is -2.84. The van der Waals surface area contributed by atoms with Crippen molar-refractivity contribution < 1.29 is 29.1 Å². The number of carboxylic acid groups (broad SMARTS) is 1. The van der Waals surface area contributed by atoms with Gasteiger partial charge in [-0.3, -0.25) is 14.9 Å². The molecule has 1 aliphatic heterocycles. The molecule has 1 aliphatic rings. The highest BCUT2D eigenvalue weighted by Crippen LogP contribution is 2.38. The lowest BCUT2D eigenvalue weighted by Crippen LogP contribution is -2.40. The number of carbonyl (C=O) groups is 2. The van der Waals surface area contributed by atoms with Crippen LogP contribution in [-0.2, 0) is 4.79 Å². The summed E-state index contributed by atoms with van der Waals surface area (Å²) in [4.78, 5) is 35.4. The molecule has 1 amide bonds. The third-order valence-corrected chi connectivity index (χ3v) is 3.70. The molecule has 23 heavy (non-hydrogen) atoms. The highest BCUT2D eigenvalue weighted by atomic mass is 16.6. The molecule has 0 radical (unpaired) electrons. The van der Waals surface area contributed by atoms with E-state index in [0.717, 1.165) is 6.07 Å². The molecule has 1 aromatic carbocycles. The molecule has 0 spiro atoms. The number of hydrogen-bond acceptors (Lipinski definition) is 6. The van der Waals surface area contributed by atoms with Gasteiger partial charge in [-0.25, -0.2) is 4.79 Å². The molecular weight excluding hydrogens is 308 g/mol. The summed E-state index contributed by atoms with van der Waals surface area (Å²) in [6.45, 7) is 0.290. The topological polar surface area (TPSA) is 119 Å². The van der Waals surface area contributed by atoms with Crippen molar-refractivity contribution in [1.82, 2.24) is 4.90 Å². The first kappa shape index (κ1) is 16.5. The average Bonchev–Trinajstić information content (AvgIpc) is 3.02. The van der Waals surface area contributed by atoms with Gasteiger partial charge in [-0.05, 0) is 18.9 Å². The normalized spacial score (nSPS) is 17.0. The molecule has 1 fully saturated rings. The van der Waals surface area contributed by atoms with E-state index in [1.807, 2.05) is 0 Å². The highest BCUT2D eigenvalue weighted by molar-refractivity contribution is 5.98. The molecule has 0 bridgehead atoms. The van der Waals surface area contributed by atoms with Crippen LogP contribution in [0, 0.1) is 10.1 Å². The minimum atomic E-state index is -1.09. The molecule has 0 aromatic heterocycles. The summed E-state index contributed by atoms with van der Waals surface area (Å²) in [7, 11) is 2.55. The van der Waals surface area contributed by atoms with Crippen molar-refractivity contribution in [2.75, 3.05) is 20.8 Å².